The van der Waals surface area contributed by atoms with Crippen molar-refractivity contribution in [2.45, 2.75) is 40.2 Å². The highest BCUT2D eigenvalue weighted by atomic mass is 16.2. The second-order valence-electron chi connectivity index (χ2n) is 5.00. The SMILES string of the molecule is CCCCN(CC(=O)NCc1ccccc1C)C(C)=O. The van der Waals surface area contributed by atoms with Crippen LogP contribution in [0.25, 0.3) is 0 Å². The van der Waals surface area contributed by atoms with E-state index in [1.54, 1.807) is 4.90 Å². The van der Waals surface area contributed by atoms with Gasteiger partial charge in [0.15, 0.2) is 0 Å². The van der Waals surface area contributed by atoms with Crippen molar-refractivity contribution in [2.75, 3.05) is 13.1 Å². The van der Waals surface area contributed by atoms with Crippen molar-refractivity contribution in [3.05, 3.63) is 35.4 Å². The average Bonchev–Trinajstić information content (AvgIpc) is 2.42. The van der Waals surface area contributed by atoms with Crippen LogP contribution < -0.4 is 5.32 Å². The predicted molar refractivity (Wildman–Crippen MR) is 80.2 cm³/mol. The van der Waals surface area contributed by atoms with Gasteiger partial charge in [0.1, 0.15) is 0 Å². The van der Waals surface area contributed by atoms with Gasteiger partial charge in [-0.15, -0.1) is 0 Å². The Balaban J connectivity index is 2.46. The molecule has 4 nitrogen and oxygen atoms in total. The molecule has 110 valence electrons. The minimum absolute atomic E-state index is 0.0514. The summed E-state index contributed by atoms with van der Waals surface area (Å²) in [6.07, 6.45) is 1.93. The molecule has 0 aliphatic rings. The molecule has 0 aromatic heterocycles. The Hall–Kier alpha value is -1.84. The second-order valence-corrected chi connectivity index (χ2v) is 5.00. The van der Waals surface area contributed by atoms with Gasteiger partial charge in [-0.2, -0.15) is 0 Å². The lowest BCUT2D eigenvalue weighted by Gasteiger charge is -2.20. The molecular formula is C16H24N2O2. The minimum Gasteiger partial charge on any atom is -0.350 e. The Morgan fingerprint density at radius 3 is 2.55 bits per heavy atom. The molecule has 0 heterocycles. The van der Waals surface area contributed by atoms with E-state index in [2.05, 4.69) is 12.2 Å². The number of amides is 2. The fourth-order valence-electron chi connectivity index (χ4n) is 1.93. The van der Waals surface area contributed by atoms with Gasteiger partial charge < -0.3 is 10.2 Å². The molecule has 1 aromatic rings. The Kier molecular flexibility index (Phi) is 6.77. The summed E-state index contributed by atoms with van der Waals surface area (Å²) < 4.78 is 0. The van der Waals surface area contributed by atoms with Crippen LogP contribution >= 0.6 is 0 Å². The first kappa shape index (κ1) is 16.2. The van der Waals surface area contributed by atoms with E-state index < -0.39 is 0 Å². The molecule has 0 aliphatic carbocycles. The fraction of sp³-hybridized carbons (Fsp3) is 0.500. The zero-order chi connectivity index (χ0) is 15.0. The summed E-state index contributed by atoms with van der Waals surface area (Å²) in [5, 5.41) is 2.87. The van der Waals surface area contributed by atoms with Gasteiger partial charge in [-0.3, -0.25) is 9.59 Å². The molecule has 2 amide bonds. The number of aryl methyl sites for hydroxylation is 1. The largest absolute Gasteiger partial charge is 0.350 e. The third-order valence-corrected chi connectivity index (χ3v) is 3.30. The Labute approximate surface area is 121 Å². The van der Waals surface area contributed by atoms with Crippen LogP contribution in [-0.2, 0) is 16.1 Å². The van der Waals surface area contributed by atoms with E-state index in [0.717, 1.165) is 24.0 Å². The van der Waals surface area contributed by atoms with E-state index >= 15 is 0 Å². The molecule has 0 saturated carbocycles. The number of unbranched alkanes of at least 4 members (excludes halogenated alkanes) is 1. The molecule has 1 aromatic carbocycles. The number of nitrogens with one attached hydrogen (secondary N) is 1. The van der Waals surface area contributed by atoms with Crippen molar-refractivity contribution in [3.63, 3.8) is 0 Å². The van der Waals surface area contributed by atoms with Crippen molar-refractivity contribution >= 4 is 11.8 Å². The number of nitrogens with zero attached hydrogens (tertiary/aromatic N) is 1. The van der Waals surface area contributed by atoms with Crippen molar-refractivity contribution in [1.82, 2.24) is 10.2 Å². The van der Waals surface area contributed by atoms with E-state index in [0.29, 0.717) is 13.1 Å². The van der Waals surface area contributed by atoms with Crippen LogP contribution in [0.4, 0.5) is 0 Å². The summed E-state index contributed by atoms with van der Waals surface area (Å²) in [7, 11) is 0. The van der Waals surface area contributed by atoms with Crippen molar-refractivity contribution in [3.8, 4) is 0 Å². The van der Waals surface area contributed by atoms with Crippen LogP contribution in [0.5, 0.6) is 0 Å². The smallest absolute Gasteiger partial charge is 0.239 e. The van der Waals surface area contributed by atoms with Crippen LogP contribution in [0, 0.1) is 6.92 Å². The molecule has 0 atom stereocenters. The Bertz CT molecular complexity index is 458. The lowest BCUT2D eigenvalue weighted by atomic mass is 10.1. The maximum atomic E-state index is 11.9. The maximum absolute atomic E-state index is 11.9. The zero-order valence-electron chi connectivity index (χ0n) is 12.6. The van der Waals surface area contributed by atoms with Gasteiger partial charge in [0.05, 0.1) is 6.54 Å². The molecule has 1 N–H and O–H groups in total. The number of rotatable bonds is 7. The molecule has 0 fully saturated rings. The third kappa shape index (κ3) is 5.43. The van der Waals surface area contributed by atoms with Gasteiger partial charge in [-0.05, 0) is 24.5 Å². The highest BCUT2D eigenvalue weighted by Crippen LogP contribution is 2.06. The standard InChI is InChI=1S/C16H24N2O2/c1-4-5-10-18(14(3)19)12-16(20)17-11-15-9-7-6-8-13(15)2/h6-9H,4-5,10-12H2,1-3H3,(H,17,20). The monoisotopic (exact) mass is 276 g/mol. The van der Waals surface area contributed by atoms with Crippen LogP contribution in [0.3, 0.4) is 0 Å². The zero-order valence-corrected chi connectivity index (χ0v) is 12.6. The van der Waals surface area contributed by atoms with Gasteiger partial charge in [0.25, 0.3) is 0 Å². The number of carbonyl (C=O) groups is 2. The molecular weight excluding hydrogens is 252 g/mol. The van der Waals surface area contributed by atoms with Gasteiger partial charge in [-0.1, -0.05) is 37.6 Å². The van der Waals surface area contributed by atoms with Gasteiger partial charge in [0.2, 0.25) is 11.8 Å². The molecule has 0 unspecified atom stereocenters. The lowest BCUT2D eigenvalue weighted by Crippen LogP contribution is -2.40. The van der Waals surface area contributed by atoms with Crippen molar-refractivity contribution in [2.24, 2.45) is 0 Å². The summed E-state index contributed by atoms with van der Waals surface area (Å²) in [6, 6.07) is 7.94. The maximum Gasteiger partial charge on any atom is 0.239 e. The predicted octanol–water partition coefficient (Wildman–Crippen LogP) is 2.26. The van der Waals surface area contributed by atoms with Gasteiger partial charge in [-0.25, -0.2) is 0 Å². The van der Waals surface area contributed by atoms with E-state index in [1.165, 1.54) is 6.92 Å². The number of benzene rings is 1. The summed E-state index contributed by atoms with van der Waals surface area (Å²) >= 11 is 0. The number of hydrogen-bond acceptors (Lipinski definition) is 2. The van der Waals surface area contributed by atoms with Crippen LogP contribution in [0.2, 0.25) is 0 Å². The second kappa shape index (κ2) is 8.35. The average molecular weight is 276 g/mol. The quantitative estimate of drug-likeness (QED) is 0.830. The molecule has 0 bridgehead atoms. The van der Waals surface area contributed by atoms with E-state index in [1.807, 2.05) is 31.2 Å². The molecule has 4 heteroatoms. The summed E-state index contributed by atoms with van der Waals surface area (Å²) in [6.45, 7) is 6.88. The van der Waals surface area contributed by atoms with E-state index in [4.69, 9.17) is 0 Å². The van der Waals surface area contributed by atoms with Crippen LogP contribution in [-0.4, -0.2) is 29.8 Å². The first-order valence-corrected chi connectivity index (χ1v) is 7.11. The molecule has 0 saturated heterocycles. The molecule has 0 spiro atoms. The lowest BCUT2D eigenvalue weighted by molar-refractivity contribution is -0.134. The first-order chi connectivity index (χ1) is 9.54. The van der Waals surface area contributed by atoms with Gasteiger partial charge in [0, 0.05) is 20.0 Å². The topological polar surface area (TPSA) is 49.4 Å². The number of hydrogen-bond donors (Lipinski definition) is 1. The molecule has 0 aliphatic heterocycles. The number of carbonyl (C=O) groups excluding carboxylic acids is 2. The highest BCUT2D eigenvalue weighted by Gasteiger charge is 2.12. The molecule has 1 rings (SSSR count). The van der Waals surface area contributed by atoms with E-state index in [9.17, 15) is 9.59 Å². The first-order valence-electron chi connectivity index (χ1n) is 7.11. The molecule has 0 radical (unpaired) electrons. The van der Waals surface area contributed by atoms with Crippen molar-refractivity contribution in [1.29, 1.82) is 0 Å². The Morgan fingerprint density at radius 1 is 1.25 bits per heavy atom. The summed E-state index contributed by atoms with van der Waals surface area (Å²) in [5.41, 5.74) is 2.26. The molecule has 20 heavy (non-hydrogen) atoms. The normalized spacial score (nSPS) is 10.2. The van der Waals surface area contributed by atoms with Gasteiger partial charge >= 0.3 is 0 Å². The summed E-state index contributed by atoms with van der Waals surface area (Å²) in [4.78, 5) is 25.0. The van der Waals surface area contributed by atoms with E-state index in [-0.39, 0.29) is 18.4 Å². The summed E-state index contributed by atoms with van der Waals surface area (Å²) in [5.74, 6) is -0.163. The van der Waals surface area contributed by atoms with Crippen LogP contribution in [0.15, 0.2) is 24.3 Å². The highest BCUT2D eigenvalue weighted by molar-refractivity contribution is 5.83. The van der Waals surface area contributed by atoms with Crippen LogP contribution in [0.1, 0.15) is 37.8 Å². The van der Waals surface area contributed by atoms with Crippen molar-refractivity contribution < 1.29 is 9.59 Å². The Morgan fingerprint density at radius 2 is 1.95 bits per heavy atom. The minimum atomic E-state index is -0.112. The third-order valence-electron chi connectivity index (χ3n) is 3.30. The fourth-order valence-corrected chi connectivity index (χ4v) is 1.93.